The summed E-state index contributed by atoms with van der Waals surface area (Å²) in [5, 5.41) is 0. The normalized spacial score (nSPS) is 20.1. The molecular weight excluding hydrogens is 224 g/mol. The number of nitrogens with zero attached hydrogens (tertiary/aromatic N) is 4. The van der Waals surface area contributed by atoms with E-state index in [0.717, 1.165) is 18.8 Å². The average molecular weight is 240 g/mol. The van der Waals surface area contributed by atoms with Crippen molar-refractivity contribution in [2.45, 2.75) is 25.4 Å². The number of likely N-dealkylation sites (tertiary alicyclic amines) is 1. The van der Waals surface area contributed by atoms with E-state index in [4.69, 9.17) is 0 Å². The summed E-state index contributed by atoms with van der Waals surface area (Å²) in [6.45, 7) is 2.09. The molecule has 1 aliphatic rings. The lowest BCUT2D eigenvalue weighted by Gasteiger charge is -2.23. The monoisotopic (exact) mass is 240 g/mol. The Balaban J connectivity index is 1.76. The van der Waals surface area contributed by atoms with Crippen molar-refractivity contribution in [3.63, 3.8) is 0 Å². The van der Waals surface area contributed by atoms with Gasteiger partial charge in [0, 0.05) is 37.5 Å². The van der Waals surface area contributed by atoms with Crippen molar-refractivity contribution in [1.82, 2.24) is 19.9 Å². The van der Waals surface area contributed by atoms with Crippen LogP contribution in [0.4, 0.5) is 0 Å². The molecule has 0 N–H and O–H groups in total. The molecule has 0 unspecified atom stereocenters. The molecule has 0 spiro atoms. The van der Waals surface area contributed by atoms with Gasteiger partial charge in [0.05, 0.1) is 11.7 Å². The van der Waals surface area contributed by atoms with E-state index in [1.165, 1.54) is 18.4 Å². The predicted octanol–water partition coefficient (Wildman–Crippen LogP) is 2.21. The van der Waals surface area contributed by atoms with Crippen molar-refractivity contribution < 1.29 is 0 Å². The highest BCUT2D eigenvalue weighted by Gasteiger charge is 2.26. The number of rotatable bonds is 3. The zero-order valence-corrected chi connectivity index (χ0v) is 10.2. The smallest absolute Gasteiger partial charge is 0.0758 e. The largest absolute Gasteiger partial charge is 0.290 e. The van der Waals surface area contributed by atoms with Crippen LogP contribution in [-0.2, 0) is 6.54 Å². The first kappa shape index (κ1) is 11.3. The second kappa shape index (κ2) is 5.23. The molecule has 0 radical (unpaired) electrons. The van der Waals surface area contributed by atoms with Gasteiger partial charge in [-0.2, -0.15) is 0 Å². The summed E-state index contributed by atoms with van der Waals surface area (Å²) in [6.07, 6.45) is 11.5. The van der Waals surface area contributed by atoms with Crippen LogP contribution in [0.25, 0.3) is 0 Å². The number of aromatic nitrogens is 3. The third-order valence-corrected chi connectivity index (χ3v) is 3.42. The van der Waals surface area contributed by atoms with Crippen molar-refractivity contribution >= 4 is 0 Å². The van der Waals surface area contributed by atoms with Crippen LogP contribution in [0.3, 0.4) is 0 Å². The zero-order valence-electron chi connectivity index (χ0n) is 10.2. The van der Waals surface area contributed by atoms with E-state index in [0.29, 0.717) is 6.04 Å². The fraction of sp³-hybridized carbons (Fsp3) is 0.357. The summed E-state index contributed by atoms with van der Waals surface area (Å²) in [7, 11) is 0. The molecule has 0 aliphatic carbocycles. The van der Waals surface area contributed by atoms with Gasteiger partial charge in [-0.1, -0.05) is 0 Å². The minimum absolute atomic E-state index is 0.409. The molecule has 1 atom stereocenters. The van der Waals surface area contributed by atoms with Crippen molar-refractivity contribution in [2.24, 2.45) is 0 Å². The first-order chi connectivity index (χ1) is 8.93. The third kappa shape index (κ3) is 2.38. The summed E-state index contributed by atoms with van der Waals surface area (Å²) >= 11 is 0. The molecule has 2 aromatic rings. The molecule has 0 amide bonds. The Bertz CT molecular complexity index is 486. The van der Waals surface area contributed by atoms with Gasteiger partial charge in [-0.05, 0) is 37.1 Å². The van der Waals surface area contributed by atoms with Gasteiger partial charge in [0.1, 0.15) is 0 Å². The summed E-state index contributed by atoms with van der Waals surface area (Å²) in [4.78, 5) is 15.1. The van der Waals surface area contributed by atoms with Gasteiger partial charge in [-0.15, -0.1) is 0 Å². The maximum atomic E-state index is 4.44. The minimum atomic E-state index is 0.409. The average Bonchev–Trinajstić information content (AvgIpc) is 2.89. The Kier molecular flexibility index (Phi) is 3.28. The third-order valence-electron chi connectivity index (χ3n) is 3.42. The van der Waals surface area contributed by atoms with E-state index in [2.05, 4.69) is 32.0 Å². The Morgan fingerprint density at radius 1 is 1.11 bits per heavy atom. The first-order valence-electron chi connectivity index (χ1n) is 6.32. The van der Waals surface area contributed by atoms with Crippen molar-refractivity contribution in [2.75, 3.05) is 6.54 Å². The highest BCUT2D eigenvalue weighted by molar-refractivity contribution is 5.12. The maximum Gasteiger partial charge on any atom is 0.0758 e. The molecule has 3 rings (SSSR count). The molecule has 0 bridgehead atoms. The second-order valence-corrected chi connectivity index (χ2v) is 4.61. The summed E-state index contributed by atoms with van der Waals surface area (Å²) < 4.78 is 0. The molecule has 1 saturated heterocycles. The Morgan fingerprint density at radius 2 is 2.00 bits per heavy atom. The van der Waals surface area contributed by atoms with Gasteiger partial charge >= 0.3 is 0 Å². The first-order valence-corrected chi connectivity index (χ1v) is 6.32. The summed E-state index contributed by atoms with van der Waals surface area (Å²) in [6, 6.07) is 4.56. The minimum Gasteiger partial charge on any atom is -0.290 e. The van der Waals surface area contributed by atoms with Gasteiger partial charge < -0.3 is 0 Å². The molecular formula is C14H16N4. The van der Waals surface area contributed by atoms with E-state index in [9.17, 15) is 0 Å². The molecule has 92 valence electrons. The lowest BCUT2D eigenvalue weighted by molar-refractivity contribution is 0.244. The van der Waals surface area contributed by atoms with Crippen LogP contribution in [0, 0.1) is 0 Å². The van der Waals surface area contributed by atoms with Crippen molar-refractivity contribution in [3.05, 3.63) is 54.4 Å². The van der Waals surface area contributed by atoms with E-state index < -0.39 is 0 Å². The van der Waals surface area contributed by atoms with Crippen LogP contribution in [-0.4, -0.2) is 26.4 Å². The molecule has 4 nitrogen and oxygen atoms in total. The van der Waals surface area contributed by atoms with Gasteiger partial charge in [-0.3, -0.25) is 19.9 Å². The predicted molar refractivity (Wildman–Crippen MR) is 68.7 cm³/mol. The van der Waals surface area contributed by atoms with Crippen molar-refractivity contribution in [3.8, 4) is 0 Å². The summed E-state index contributed by atoms with van der Waals surface area (Å²) in [5.41, 5.74) is 2.39. The van der Waals surface area contributed by atoms with E-state index in [1.807, 2.05) is 18.6 Å². The van der Waals surface area contributed by atoms with Gasteiger partial charge in [0.25, 0.3) is 0 Å². The fourth-order valence-corrected chi connectivity index (χ4v) is 2.56. The molecule has 18 heavy (non-hydrogen) atoms. The van der Waals surface area contributed by atoms with Crippen LogP contribution in [0.1, 0.15) is 30.1 Å². The summed E-state index contributed by atoms with van der Waals surface area (Å²) in [5.74, 6) is 0. The van der Waals surface area contributed by atoms with Crippen molar-refractivity contribution in [1.29, 1.82) is 0 Å². The highest BCUT2D eigenvalue weighted by Crippen LogP contribution is 2.31. The number of hydrogen-bond acceptors (Lipinski definition) is 4. The standard InChI is InChI=1S/C14H16N4/c1-2-14(13-10-16-7-8-17-13)18(9-1)11-12-3-5-15-6-4-12/h3-8,10,14H,1-2,9,11H2/t14-/m0/s1. The molecule has 3 heterocycles. The number of pyridine rings is 1. The van der Waals surface area contributed by atoms with Gasteiger partial charge in [0.2, 0.25) is 0 Å². The SMILES string of the molecule is c1cc(CN2CCC[C@H]2c2cnccn2)ccn1. The highest BCUT2D eigenvalue weighted by atomic mass is 15.2. The molecule has 0 saturated carbocycles. The van der Waals surface area contributed by atoms with E-state index in [-0.39, 0.29) is 0 Å². The maximum absolute atomic E-state index is 4.44. The number of hydrogen-bond donors (Lipinski definition) is 0. The quantitative estimate of drug-likeness (QED) is 0.825. The van der Waals surface area contributed by atoms with Crippen LogP contribution in [0.15, 0.2) is 43.1 Å². The van der Waals surface area contributed by atoms with Gasteiger partial charge in [0.15, 0.2) is 0 Å². The molecule has 4 heteroatoms. The van der Waals surface area contributed by atoms with E-state index >= 15 is 0 Å². The molecule has 2 aromatic heterocycles. The van der Waals surface area contributed by atoms with E-state index in [1.54, 1.807) is 12.4 Å². The Morgan fingerprint density at radius 3 is 2.78 bits per heavy atom. The fourth-order valence-electron chi connectivity index (χ4n) is 2.56. The van der Waals surface area contributed by atoms with Crippen LogP contribution in [0.2, 0.25) is 0 Å². The Hall–Kier alpha value is -1.81. The van der Waals surface area contributed by atoms with Crippen LogP contribution in [0.5, 0.6) is 0 Å². The van der Waals surface area contributed by atoms with Crippen LogP contribution >= 0.6 is 0 Å². The zero-order chi connectivity index (χ0) is 12.2. The van der Waals surface area contributed by atoms with Crippen LogP contribution < -0.4 is 0 Å². The lowest BCUT2D eigenvalue weighted by atomic mass is 10.1. The Labute approximate surface area is 107 Å². The molecule has 0 aromatic carbocycles. The lowest BCUT2D eigenvalue weighted by Crippen LogP contribution is -2.23. The molecule has 1 fully saturated rings. The molecule has 1 aliphatic heterocycles. The second-order valence-electron chi connectivity index (χ2n) is 4.61. The topological polar surface area (TPSA) is 41.9 Å². The van der Waals surface area contributed by atoms with Gasteiger partial charge in [-0.25, -0.2) is 0 Å².